The normalized spacial score (nSPS) is 21.4. The minimum Gasteiger partial charge on any atom is -0.389 e. The number of nitrogens with zero attached hydrogens (tertiary/aromatic N) is 1. The number of ether oxygens (including phenoxy) is 1. The molecular weight excluding hydrogens is 284 g/mol. The number of rotatable bonds is 10. The van der Waals surface area contributed by atoms with E-state index in [2.05, 4.69) is 10.3 Å². The van der Waals surface area contributed by atoms with Gasteiger partial charge in [0.05, 0.1) is 30.5 Å². The summed E-state index contributed by atoms with van der Waals surface area (Å²) >= 11 is 1.67. The lowest BCUT2D eigenvalue weighted by Crippen LogP contribution is -2.34. The van der Waals surface area contributed by atoms with E-state index in [0.717, 1.165) is 24.6 Å². The van der Waals surface area contributed by atoms with E-state index >= 15 is 0 Å². The Morgan fingerprint density at radius 1 is 1.52 bits per heavy atom. The van der Waals surface area contributed by atoms with Crippen molar-refractivity contribution in [3.63, 3.8) is 0 Å². The summed E-state index contributed by atoms with van der Waals surface area (Å²) in [6.07, 6.45) is 6.09. The molecule has 0 aliphatic heterocycles. The molecule has 0 bridgehead atoms. The number of aryl methyl sites for hydroxylation is 1. The minimum absolute atomic E-state index is 0.400. The molecule has 2 aliphatic carbocycles. The largest absolute Gasteiger partial charge is 0.389 e. The molecule has 2 fully saturated rings. The van der Waals surface area contributed by atoms with Gasteiger partial charge in [0.1, 0.15) is 0 Å². The first-order valence-corrected chi connectivity index (χ1v) is 8.93. The molecule has 0 amide bonds. The molecule has 1 aromatic rings. The average Bonchev–Trinajstić information content (AvgIpc) is 3.35. The van der Waals surface area contributed by atoms with Crippen LogP contribution in [0.5, 0.6) is 0 Å². The van der Waals surface area contributed by atoms with Crippen molar-refractivity contribution in [3.05, 3.63) is 16.1 Å². The molecule has 2 N–H and O–H groups in total. The molecule has 21 heavy (non-hydrogen) atoms. The fraction of sp³-hybridized carbons (Fsp3) is 0.812. The van der Waals surface area contributed by atoms with E-state index in [1.807, 2.05) is 12.4 Å². The molecule has 2 aliphatic rings. The van der Waals surface area contributed by atoms with Gasteiger partial charge in [-0.1, -0.05) is 0 Å². The molecule has 1 heterocycles. The van der Waals surface area contributed by atoms with Gasteiger partial charge >= 0.3 is 0 Å². The second-order valence-electron chi connectivity index (χ2n) is 6.61. The Morgan fingerprint density at radius 3 is 2.95 bits per heavy atom. The zero-order valence-electron chi connectivity index (χ0n) is 12.8. The second-order valence-corrected chi connectivity index (χ2v) is 7.55. The molecule has 1 aromatic heterocycles. The van der Waals surface area contributed by atoms with Gasteiger partial charge in [-0.05, 0) is 43.9 Å². The van der Waals surface area contributed by atoms with E-state index in [4.69, 9.17) is 4.74 Å². The van der Waals surface area contributed by atoms with Gasteiger partial charge in [-0.2, -0.15) is 0 Å². The maximum atomic E-state index is 9.94. The Bertz CT molecular complexity index is 455. The van der Waals surface area contributed by atoms with Crippen molar-refractivity contribution >= 4 is 11.3 Å². The third-order valence-electron chi connectivity index (χ3n) is 4.82. The van der Waals surface area contributed by atoms with E-state index in [1.165, 1.54) is 30.6 Å². The van der Waals surface area contributed by atoms with Crippen molar-refractivity contribution in [2.75, 3.05) is 26.3 Å². The van der Waals surface area contributed by atoms with Crippen LogP contribution in [-0.4, -0.2) is 42.5 Å². The molecule has 2 saturated carbocycles. The van der Waals surface area contributed by atoms with Crippen LogP contribution in [0.2, 0.25) is 0 Å². The molecule has 118 valence electrons. The maximum absolute atomic E-state index is 9.94. The van der Waals surface area contributed by atoms with Crippen molar-refractivity contribution in [2.45, 2.75) is 45.1 Å². The first-order valence-electron chi connectivity index (χ1n) is 8.05. The smallest absolute Gasteiger partial charge is 0.0897 e. The van der Waals surface area contributed by atoms with Crippen molar-refractivity contribution in [3.8, 4) is 0 Å². The molecule has 1 atom stereocenters. The number of aromatic nitrogens is 1. The lowest BCUT2D eigenvalue weighted by atomic mass is 10.0. The van der Waals surface area contributed by atoms with Gasteiger partial charge in [0.25, 0.3) is 0 Å². The topological polar surface area (TPSA) is 54.4 Å². The highest BCUT2D eigenvalue weighted by atomic mass is 32.1. The van der Waals surface area contributed by atoms with Gasteiger partial charge in [-0.3, -0.25) is 0 Å². The standard InChI is InChI=1S/C16H26N2O2S/c1-12-15(21-11-18-12)4-7-20-9-14(19)8-17-10-16(5-6-16)13-2-3-13/h11,13-14,17,19H,2-10H2,1H3. The molecule has 4 nitrogen and oxygen atoms in total. The van der Waals surface area contributed by atoms with Gasteiger partial charge in [0.15, 0.2) is 0 Å². The first-order chi connectivity index (χ1) is 10.2. The minimum atomic E-state index is -0.400. The van der Waals surface area contributed by atoms with Gasteiger partial charge in [0, 0.05) is 24.4 Å². The summed E-state index contributed by atoms with van der Waals surface area (Å²) < 4.78 is 5.57. The summed E-state index contributed by atoms with van der Waals surface area (Å²) in [5.74, 6) is 0.973. The maximum Gasteiger partial charge on any atom is 0.0897 e. The Hall–Kier alpha value is -0.490. The van der Waals surface area contributed by atoms with Crippen LogP contribution in [0.25, 0.3) is 0 Å². The average molecular weight is 310 g/mol. The molecule has 0 radical (unpaired) electrons. The highest BCUT2D eigenvalue weighted by molar-refractivity contribution is 7.09. The van der Waals surface area contributed by atoms with Crippen LogP contribution in [0.3, 0.4) is 0 Å². The summed E-state index contributed by atoms with van der Waals surface area (Å²) in [7, 11) is 0. The van der Waals surface area contributed by atoms with E-state index in [1.54, 1.807) is 11.3 Å². The highest BCUT2D eigenvalue weighted by Crippen LogP contribution is 2.60. The molecule has 3 rings (SSSR count). The van der Waals surface area contributed by atoms with E-state index in [-0.39, 0.29) is 0 Å². The third-order valence-corrected chi connectivity index (χ3v) is 5.82. The van der Waals surface area contributed by atoms with Gasteiger partial charge in [-0.15, -0.1) is 11.3 Å². The van der Waals surface area contributed by atoms with Gasteiger partial charge in [-0.25, -0.2) is 4.98 Å². The second kappa shape index (κ2) is 6.73. The SMILES string of the molecule is Cc1ncsc1CCOCC(O)CNCC1(C2CC2)CC1. The fourth-order valence-electron chi connectivity index (χ4n) is 3.08. The zero-order chi connectivity index (χ0) is 14.7. The van der Waals surface area contributed by atoms with Gasteiger partial charge in [0.2, 0.25) is 0 Å². The number of hydrogen-bond acceptors (Lipinski definition) is 5. The molecule has 0 aromatic carbocycles. The summed E-state index contributed by atoms with van der Waals surface area (Å²) in [4.78, 5) is 5.50. The number of nitrogens with one attached hydrogen (secondary N) is 1. The van der Waals surface area contributed by atoms with Crippen LogP contribution >= 0.6 is 11.3 Å². The van der Waals surface area contributed by atoms with Crippen LogP contribution in [0.15, 0.2) is 5.51 Å². The predicted molar refractivity (Wildman–Crippen MR) is 84.6 cm³/mol. The highest BCUT2D eigenvalue weighted by Gasteiger charge is 2.53. The zero-order valence-corrected chi connectivity index (χ0v) is 13.6. The number of aliphatic hydroxyl groups excluding tert-OH is 1. The number of hydrogen-bond donors (Lipinski definition) is 2. The van der Waals surface area contributed by atoms with Crippen molar-refractivity contribution in [2.24, 2.45) is 11.3 Å². The number of aliphatic hydroxyl groups is 1. The summed E-state index contributed by atoms with van der Waals surface area (Å²) in [5.41, 5.74) is 3.57. The Kier molecular flexibility index (Phi) is 4.94. The summed E-state index contributed by atoms with van der Waals surface area (Å²) in [6.45, 7) is 4.83. The molecule has 5 heteroatoms. The van der Waals surface area contributed by atoms with Crippen LogP contribution in [0, 0.1) is 18.3 Å². The Balaban J connectivity index is 1.23. The lowest BCUT2D eigenvalue weighted by Gasteiger charge is -2.17. The summed E-state index contributed by atoms with van der Waals surface area (Å²) in [5, 5.41) is 13.4. The summed E-state index contributed by atoms with van der Waals surface area (Å²) in [6, 6.07) is 0. The third kappa shape index (κ3) is 4.25. The van der Waals surface area contributed by atoms with E-state index in [9.17, 15) is 5.11 Å². The molecule has 0 spiro atoms. The quantitative estimate of drug-likeness (QED) is 0.650. The van der Waals surface area contributed by atoms with Crippen LogP contribution in [0.1, 0.15) is 36.3 Å². The van der Waals surface area contributed by atoms with E-state index < -0.39 is 6.10 Å². The lowest BCUT2D eigenvalue weighted by molar-refractivity contribution is 0.0378. The van der Waals surface area contributed by atoms with Gasteiger partial charge < -0.3 is 15.2 Å². The van der Waals surface area contributed by atoms with Crippen LogP contribution < -0.4 is 5.32 Å². The number of thiazole rings is 1. The molecule has 1 unspecified atom stereocenters. The first kappa shape index (κ1) is 15.4. The van der Waals surface area contributed by atoms with E-state index in [0.29, 0.717) is 25.2 Å². The predicted octanol–water partition coefficient (Wildman–Crippen LogP) is 2.15. The fourth-order valence-corrected chi connectivity index (χ4v) is 3.85. The monoisotopic (exact) mass is 310 g/mol. The van der Waals surface area contributed by atoms with Crippen molar-refractivity contribution in [1.82, 2.24) is 10.3 Å². The molecular formula is C16H26N2O2S. The van der Waals surface area contributed by atoms with Crippen LogP contribution in [-0.2, 0) is 11.2 Å². The van der Waals surface area contributed by atoms with Crippen molar-refractivity contribution < 1.29 is 9.84 Å². The Morgan fingerprint density at radius 2 is 2.33 bits per heavy atom. The Labute approximate surface area is 130 Å². The van der Waals surface area contributed by atoms with Crippen LogP contribution in [0.4, 0.5) is 0 Å². The van der Waals surface area contributed by atoms with Crippen molar-refractivity contribution in [1.29, 1.82) is 0 Å². The molecule has 0 saturated heterocycles.